The molecule has 0 spiro atoms. The largest absolute Gasteiger partial charge is 0.284 e. The van der Waals surface area contributed by atoms with E-state index in [1.165, 1.54) is 0 Å². The van der Waals surface area contributed by atoms with E-state index in [1.54, 1.807) is 6.07 Å². The number of benzene rings is 1. The average Bonchev–Trinajstić information content (AvgIpc) is 2.09. The van der Waals surface area contributed by atoms with E-state index in [4.69, 9.17) is 0 Å². The zero-order chi connectivity index (χ0) is 11.6. The molecular formula is C10H13INO2S. The molecule has 1 aromatic carbocycles. The van der Waals surface area contributed by atoms with E-state index in [-0.39, 0.29) is 0 Å². The molecule has 1 rings (SSSR count). The second-order valence-corrected chi connectivity index (χ2v) is 6.23. The molecule has 1 aromatic rings. The fourth-order valence-corrected chi connectivity index (χ4v) is 2.82. The smallest absolute Gasteiger partial charge is 0.229 e. The second kappa shape index (κ2) is 4.69. The van der Waals surface area contributed by atoms with Crippen molar-refractivity contribution < 1.29 is 8.42 Å². The van der Waals surface area contributed by atoms with Crippen LogP contribution in [0.1, 0.15) is 11.1 Å². The second-order valence-electron chi connectivity index (χ2n) is 3.32. The molecule has 0 fully saturated rings. The quantitative estimate of drug-likeness (QED) is 0.860. The van der Waals surface area contributed by atoms with E-state index in [0.717, 1.165) is 21.0 Å². The van der Waals surface area contributed by atoms with Crippen LogP contribution in [0.3, 0.4) is 0 Å². The minimum absolute atomic E-state index is 0.636. The Morgan fingerprint density at radius 2 is 2.07 bits per heavy atom. The molecule has 0 aliphatic rings. The summed E-state index contributed by atoms with van der Waals surface area (Å²) in [6, 6.07) is 3.67. The van der Waals surface area contributed by atoms with Gasteiger partial charge in [-0.3, -0.25) is 4.72 Å². The fourth-order valence-electron chi connectivity index (χ4n) is 1.34. The van der Waals surface area contributed by atoms with Crippen molar-refractivity contribution in [1.29, 1.82) is 0 Å². The van der Waals surface area contributed by atoms with Gasteiger partial charge in [0.2, 0.25) is 10.0 Å². The van der Waals surface area contributed by atoms with Gasteiger partial charge < -0.3 is 0 Å². The summed E-state index contributed by atoms with van der Waals surface area (Å²) in [5.41, 5.74) is 2.67. The summed E-state index contributed by atoms with van der Waals surface area (Å²) in [4.78, 5) is 0. The third-order valence-electron chi connectivity index (χ3n) is 2.09. The van der Waals surface area contributed by atoms with Crippen molar-refractivity contribution in [3.05, 3.63) is 33.8 Å². The number of anilines is 1. The number of hydrogen-bond donors (Lipinski definition) is 1. The van der Waals surface area contributed by atoms with Gasteiger partial charge in [0.25, 0.3) is 0 Å². The molecular weight excluding hydrogens is 325 g/mol. The molecule has 0 aliphatic heterocycles. The van der Waals surface area contributed by atoms with Gasteiger partial charge in [0.1, 0.15) is 0 Å². The first kappa shape index (κ1) is 12.8. The summed E-state index contributed by atoms with van der Waals surface area (Å²) >= 11 is 2.22. The Kier molecular flexibility index (Phi) is 3.99. The molecule has 0 unspecified atom stereocenters. The van der Waals surface area contributed by atoms with Crippen LogP contribution in [0.5, 0.6) is 0 Å². The number of rotatable bonds is 3. The van der Waals surface area contributed by atoms with E-state index in [1.807, 2.05) is 13.0 Å². The Morgan fingerprint density at radius 1 is 1.47 bits per heavy atom. The average molecular weight is 338 g/mol. The molecule has 5 heteroatoms. The third-order valence-corrected chi connectivity index (χ3v) is 3.69. The number of sulfonamides is 1. The molecule has 0 atom stereocenters. The molecule has 15 heavy (non-hydrogen) atoms. The van der Waals surface area contributed by atoms with Crippen molar-refractivity contribution in [3.8, 4) is 0 Å². The summed E-state index contributed by atoms with van der Waals surface area (Å²) in [5, 5.41) is 0. The van der Waals surface area contributed by atoms with Crippen molar-refractivity contribution in [1.82, 2.24) is 0 Å². The van der Waals surface area contributed by atoms with Crippen LogP contribution >= 0.6 is 22.6 Å². The molecule has 1 radical (unpaired) electrons. The summed E-state index contributed by atoms with van der Waals surface area (Å²) < 4.78 is 25.8. The van der Waals surface area contributed by atoms with Gasteiger partial charge in [-0.2, -0.15) is 0 Å². The zero-order valence-corrected chi connectivity index (χ0v) is 11.6. The van der Waals surface area contributed by atoms with Crippen molar-refractivity contribution in [2.45, 2.75) is 13.3 Å². The van der Waals surface area contributed by atoms with Gasteiger partial charge in [-0.15, -0.1) is 0 Å². The van der Waals surface area contributed by atoms with Gasteiger partial charge in [-0.25, -0.2) is 8.42 Å². The molecule has 0 aromatic heterocycles. The summed E-state index contributed by atoms with van der Waals surface area (Å²) in [6.45, 7) is 5.73. The fraction of sp³-hybridized carbons (Fsp3) is 0.300. The molecule has 1 N–H and O–H groups in total. The predicted molar refractivity (Wildman–Crippen MR) is 71.4 cm³/mol. The molecule has 0 heterocycles. The Morgan fingerprint density at radius 3 is 2.53 bits per heavy atom. The standard InChI is InChI=1S/C10H13INO2S/c1-4-8-7(2)10(6-5-9(8)11)12-15(3,13)14/h5-6,12H,1,4H2,2-3H3. The Balaban J connectivity index is 3.22. The molecule has 3 nitrogen and oxygen atoms in total. The first-order valence-electron chi connectivity index (χ1n) is 4.40. The zero-order valence-electron chi connectivity index (χ0n) is 8.67. The van der Waals surface area contributed by atoms with Crippen molar-refractivity contribution in [2.75, 3.05) is 11.0 Å². The topological polar surface area (TPSA) is 46.2 Å². The summed E-state index contributed by atoms with van der Waals surface area (Å²) in [6.07, 6.45) is 1.80. The van der Waals surface area contributed by atoms with Crippen molar-refractivity contribution >= 4 is 38.3 Å². The van der Waals surface area contributed by atoms with Gasteiger partial charge in [0, 0.05) is 3.57 Å². The van der Waals surface area contributed by atoms with Crippen LogP contribution in [0.15, 0.2) is 12.1 Å². The Labute approximate surface area is 104 Å². The maximum absolute atomic E-state index is 11.1. The molecule has 0 amide bonds. The van der Waals surface area contributed by atoms with Crippen LogP contribution in [0.25, 0.3) is 0 Å². The van der Waals surface area contributed by atoms with Gasteiger partial charge in [0.15, 0.2) is 0 Å². The number of halogens is 1. The van der Waals surface area contributed by atoms with Crippen LogP contribution in [0.4, 0.5) is 5.69 Å². The normalized spacial score (nSPS) is 11.5. The van der Waals surface area contributed by atoms with E-state index >= 15 is 0 Å². The summed E-state index contributed by atoms with van der Waals surface area (Å²) in [5.74, 6) is 0. The molecule has 0 aliphatic carbocycles. The molecule has 0 saturated carbocycles. The first-order valence-corrected chi connectivity index (χ1v) is 7.37. The lowest BCUT2D eigenvalue weighted by Crippen LogP contribution is -2.11. The van der Waals surface area contributed by atoms with Crippen LogP contribution in [-0.4, -0.2) is 14.7 Å². The SMILES string of the molecule is [CH2]Cc1c(I)ccc(NS(C)(=O)=O)c1C. The maximum atomic E-state index is 11.1. The molecule has 83 valence electrons. The van der Waals surface area contributed by atoms with Gasteiger partial charge in [-0.05, 0) is 66.1 Å². The lowest BCUT2D eigenvalue weighted by Gasteiger charge is -2.12. The van der Waals surface area contributed by atoms with E-state index in [2.05, 4.69) is 34.2 Å². The number of hydrogen-bond acceptors (Lipinski definition) is 2. The maximum Gasteiger partial charge on any atom is 0.229 e. The van der Waals surface area contributed by atoms with Crippen LogP contribution < -0.4 is 4.72 Å². The highest BCUT2D eigenvalue weighted by Gasteiger charge is 2.09. The van der Waals surface area contributed by atoms with Crippen molar-refractivity contribution in [2.24, 2.45) is 0 Å². The lowest BCUT2D eigenvalue weighted by atomic mass is 10.1. The Hall–Kier alpha value is -0.300. The minimum atomic E-state index is -3.21. The van der Waals surface area contributed by atoms with Crippen LogP contribution in [-0.2, 0) is 16.4 Å². The van der Waals surface area contributed by atoms with Crippen LogP contribution in [0.2, 0.25) is 0 Å². The molecule has 0 saturated heterocycles. The monoisotopic (exact) mass is 338 g/mol. The number of nitrogens with one attached hydrogen (secondary N) is 1. The Bertz CT molecular complexity index is 469. The predicted octanol–water partition coefficient (Wildman–Crippen LogP) is 2.35. The summed E-state index contributed by atoms with van der Waals surface area (Å²) in [7, 11) is -3.21. The van der Waals surface area contributed by atoms with E-state index < -0.39 is 10.0 Å². The van der Waals surface area contributed by atoms with Crippen molar-refractivity contribution in [3.63, 3.8) is 0 Å². The van der Waals surface area contributed by atoms with Gasteiger partial charge >= 0.3 is 0 Å². The first-order chi connectivity index (χ1) is 6.85. The minimum Gasteiger partial charge on any atom is -0.284 e. The third kappa shape index (κ3) is 3.34. The lowest BCUT2D eigenvalue weighted by molar-refractivity contribution is 0.607. The highest BCUT2D eigenvalue weighted by atomic mass is 127. The van der Waals surface area contributed by atoms with Gasteiger partial charge in [-0.1, -0.05) is 0 Å². The van der Waals surface area contributed by atoms with Gasteiger partial charge in [0.05, 0.1) is 11.9 Å². The highest BCUT2D eigenvalue weighted by Crippen LogP contribution is 2.25. The van der Waals surface area contributed by atoms with E-state index in [9.17, 15) is 8.42 Å². The van der Waals surface area contributed by atoms with Crippen LogP contribution in [0, 0.1) is 17.4 Å². The van der Waals surface area contributed by atoms with E-state index in [0.29, 0.717) is 12.1 Å². The molecule has 0 bridgehead atoms. The highest BCUT2D eigenvalue weighted by molar-refractivity contribution is 14.1.